The molecule has 1 unspecified atom stereocenters. The maximum absolute atomic E-state index is 12.9. The van der Waals surface area contributed by atoms with Crippen LogP contribution in [0.5, 0.6) is 5.75 Å². The lowest BCUT2D eigenvalue weighted by Gasteiger charge is -2.32. The molecule has 1 aliphatic heterocycles. The molecule has 2 amide bonds. The molecule has 9 nitrogen and oxygen atoms in total. The molecule has 3 aromatic rings. The molecule has 1 N–H and O–H groups in total. The molecule has 0 saturated carbocycles. The molecule has 3 heterocycles. The first-order valence-electron chi connectivity index (χ1n) is 10.2. The topological polar surface area (TPSA) is 107 Å². The molecule has 0 bridgehead atoms. The summed E-state index contributed by atoms with van der Waals surface area (Å²) in [4.78, 5) is 31.7. The minimum atomic E-state index is -0.689. The number of aryl methyl sites for hydroxylation is 1. The number of nitrogens with zero attached hydrogens (tertiary/aromatic N) is 4. The third-order valence-electron chi connectivity index (χ3n) is 4.76. The lowest BCUT2D eigenvalue weighted by atomic mass is 10.1. The zero-order valence-corrected chi connectivity index (χ0v) is 19.6. The first-order valence-corrected chi connectivity index (χ1v) is 11.9. The zero-order valence-electron chi connectivity index (χ0n) is 18.0. The Balaban J connectivity index is 1.56. The van der Waals surface area contributed by atoms with Gasteiger partial charge in [0.05, 0.1) is 16.4 Å². The van der Waals surface area contributed by atoms with Gasteiger partial charge in [0.15, 0.2) is 6.10 Å². The van der Waals surface area contributed by atoms with Gasteiger partial charge in [-0.1, -0.05) is 18.3 Å². The van der Waals surface area contributed by atoms with Gasteiger partial charge in [0, 0.05) is 18.1 Å². The second-order valence-corrected chi connectivity index (χ2v) is 9.23. The van der Waals surface area contributed by atoms with Crippen LogP contribution in [0.25, 0.3) is 11.3 Å². The molecule has 1 atom stereocenters. The Labute approximate surface area is 193 Å². The van der Waals surface area contributed by atoms with Crippen molar-refractivity contribution < 1.29 is 19.1 Å². The molecule has 0 aliphatic carbocycles. The van der Waals surface area contributed by atoms with Gasteiger partial charge in [-0.2, -0.15) is 0 Å². The first kappa shape index (κ1) is 22.3. The quantitative estimate of drug-likeness (QED) is 0.533. The fourth-order valence-electron chi connectivity index (χ4n) is 3.29. The number of hydrogen-bond donors (Lipinski definition) is 1. The van der Waals surface area contributed by atoms with E-state index in [-0.39, 0.29) is 18.4 Å². The van der Waals surface area contributed by atoms with Gasteiger partial charge < -0.3 is 9.47 Å². The number of amides is 2. The Morgan fingerprint density at radius 1 is 1.31 bits per heavy atom. The van der Waals surface area contributed by atoms with E-state index in [1.807, 2.05) is 23.6 Å². The van der Waals surface area contributed by atoms with Crippen LogP contribution in [0.15, 0.2) is 23.6 Å². The smallest absolute Gasteiger partial charge is 0.268 e. The van der Waals surface area contributed by atoms with Crippen LogP contribution >= 0.6 is 22.7 Å². The lowest BCUT2D eigenvalue weighted by molar-refractivity contribution is -0.127. The van der Waals surface area contributed by atoms with E-state index in [1.54, 1.807) is 25.4 Å². The van der Waals surface area contributed by atoms with Crippen molar-refractivity contribution in [3.63, 3.8) is 0 Å². The van der Waals surface area contributed by atoms with Crippen LogP contribution in [0, 0.1) is 0 Å². The number of carbonyl (C=O) groups is 2. The Kier molecular flexibility index (Phi) is 6.77. The summed E-state index contributed by atoms with van der Waals surface area (Å²) in [5.41, 5.74) is 2.26. The van der Waals surface area contributed by atoms with Crippen molar-refractivity contribution in [2.75, 3.05) is 23.9 Å². The lowest BCUT2D eigenvalue weighted by Crippen LogP contribution is -2.47. The number of nitrogens with one attached hydrogen (secondary N) is 1. The van der Waals surface area contributed by atoms with Crippen molar-refractivity contribution in [1.29, 1.82) is 0 Å². The molecule has 0 radical (unpaired) electrons. The maximum atomic E-state index is 12.9. The Morgan fingerprint density at radius 3 is 2.94 bits per heavy atom. The van der Waals surface area contributed by atoms with Crippen LogP contribution in [0.4, 0.5) is 10.8 Å². The number of carbonyl (C=O) groups excluding carboxylic acids is 2. The average Bonchev–Trinajstić information content (AvgIpc) is 3.41. The number of hydrogen-bond acceptors (Lipinski definition) is 9. The summed E-state index contributed by atoms with van der Waals surface area (Å²) in [7, 11) is 1.56. The predicted molar refractivity (Wildman–Crippen MR) is 123 cm³/mol. The number of ether oxygens (including phenoxy) is 2. The molecule has 1 aliphatic rings. The Hall–Kier alpha value is -2.89. The molecule has 0 spiro atoms. The zero-order chi connectivity index (χ0) is 22.7. The molecule has 0 fully saturated rings. The highest BCUT2D eigenvalue weighted by Gasteiger charge is 2.33. The molecule has 32 heavy (non-hydrogen) atoms. The summed E-state index contributed by atoms with van der Waals surface area (Å²) in [6.45, 7) is 3.94. The van der Waals surface area contributed by atoms with Crippen LogP contribution < -0.4 is 15.0 Å². The van der Waals surface area contributed by atoms with Gasteiger partial charge in [-0.25, -0.2) is 4.98 Å². The second-order valence-electron chi connectivity index (χ2n) is 7.23. The van der Waals surface area contributed by atoms with Crippen LogP contribution in [0.2, 0.25) is 0 Å². The van der Waals surface area contributed by atoms with E-state index in [0.717, 1.165) is 29.1 Å². The number of anilines is 2. The molecule has 11 heteroatoms. The summed E-state index contributed by atoms with van der Waals surface area (Å²) in [6, 6.07) is 5.58. The molecule has 1 aromatic carbocycles. The van der Waals surface area contributed by atoms with Crippen molar-refractivity contribution in [2.45, 2.75) is 39.4 Å². The second kappa shape index (κ2) is 9.72. The summed E-state index contributed by atoms with van der Waals surface area (Å²) < 4.78 is 10.8. The third-order valence-corrected chi connectivity index (χ3v) is 6.48. The number of thiazole rings is 1. The largest absolute Gasteiger partial charge is 0.479 e. The fraction of sp³-hybridized carbons (Fsp3) is 0.381. The van der Waals surface area contributed by atoms with Crippen molar-refractivity contribution in [2.24, 2.45) is 0 Å². The third kappa shape index (κ3) is 4.79. The minimum absolute atomic E-state index is 0.166. The number of aromatic nitrogens is 3. The molecular formula is C21H23N5O4S2. The van der Waals surface area contributed by atoms with Crippen molar-refractivity contribution in [1.82, 2.24) is 15.2 Å². The van der Waals surface area contributed by atoms with E-state index in [1.165, 1.54) is 16.2 Å². The SMILES string of the molecule is CCCc1nc(-c2ccc3c(c2)N(CC(=O)Nc2nnc(COC)s2)C(=O)C(C)O3)cs1. The minimum Gasteiger partial charge on any atom is -0.479 e. The van der Waals surface area contributed by atoms with Gasteiger partial charge in [-0.05, 0) is 38.0 Å². The van der Waals surface area contributed by atoms with Gasteiger partial charge in [-0.3, -0.25) is 19.8 Å². The van der Waals surface area contributed by atoms with Crippen LogP contribution in [-0.2, 0) is 27.4 Å². The van der Waals surface area contributed by atoms with Gasteiger partial charge in [0.1, 0.15) is 23.9 Å². The summed E-state index contributed by atoms with van der Waals surface area (Å²) >= 11 is 2.84. The number of methoxy groups -OCH3 is 1. The normalized spacial score (nSPS) is 15.4. The van der Waals surface area contributed by atoms with E-state index in [2.05, 4.69) is 27.4 Å². The van der Waals surface area contributed by atoms with Crippen molar-refractivity contribution in [3.8, 4) is 17.0 Å². The van der Waals surface area contributed by atoms with Gasteiger partial charge in [0.25, 0.3) is 5.91 Å². The standard InChI is InChI=1S/C21H23N5O4S2/c1-4-5-18-22-14(11-31-18)13-6-7-16-15(8-13)26(20(28)12(2)30-16)9-17(27)23-21-25-24-19(32-21)10-29-3/h6-8,11-12H,4-5,9-10H2,1-3H3,(H,23,25,27). The predicted octanol–water partition coefficient (Wildman–Crippen LogP) is 3.51. The van der Waals surface area contributed by atoms with E-state index >= 15 is 0 Å². The molecule has 4 rings (SSSR count). The van der Waals surface area contributed by atoms with E-state index in [9.17, 15) is 9.59 Å². The Morgan fingerprint density at radius 2 is 2.16 bits per heavy atom. The Bertz CT molecular complexity index is 1130. The molecule has 168 valence electrons. The molecule has 0 saturated heterocycles. The molecule has 2 aromatic heterocycles. The van der Waals surface area contributed by atoms with E-state index in [4.69, 9.17) is 9.47 Å². The van der Waals surface area contributed by atoms with Crippen LogP contribution in [0.1, 0.15) is 30.3 Å². The summed E-state index contributed by atoms with van der Waals surface area (Å²) in [5, 5.41) is 14.7. The van der Waals surface area contributed by atoms with Crippen molar-refractivity contribution in [3.05, 3.63) is 33.6 Å². The van der Waals surface area contributed by atoms with Crippen LogP contribution in [-0.4, -0.2) is 46.8 Å². The summed E-state index contributed by atoms with van der Waals surface area (Å²) in [6.07, 6.45) is 1.27. The monoisotopic (exact) mass is 473 g/mol. The number of benzene rings is 1. The van der Waals surface area contributed by atoms with E-state index < -0.39 is 6.10 Å². The van der Waals surface area contributed by atoms with E-state index in [0.29, 0.717) is 28.2 Å². The summed E-state index contributed by atoms with van der Waals surface area (Å²) in [5.74, 6) is -0.106. The number of rotatable bonds is 8. The van der Waals surface area contributed by atoms with Crippen molar-refractivity contribution >= 4 is 45.3 Å². The molecular weight excluding hydrogens is 450 g/mol. The van der Waals surface area contributed by atoms with Crippen LogP contribution in [0.3, 0.4) is 0 Å². The first-order chi connectivity index (χ1) is 15.5. The average molecular weight is 474 g/mol. The van der Waals surface area contributed by atoms with Gasteiger partial charge in [0.2, 0.25) is 11.0 Å². The highest BCUT2D eigenvalue weighted by atomic mass is 32.1. The highest BCUT2D eigenvalue weighted by Crippen LogP contribution is 2.37. The highest BCUT2D eigenvalue weighted by molar-refractivity contribution is 7.15. The van der Waals surface area contributed by atoms with Gasteiger partial charge in [-0.15, -0.1) is 21.5 Å². The fourth-order valence-corrected chi connectivity index (χ4v) is 4.93. The maximum Gasteiger partial charge on any atom is 0.268 e. The number of fused-ring (bicyclic) bond motifs is 1. The van der Waals surface area contributed by atoms with Gasteiger partial charge >= 0.3 is 0 Å².